The highest BCUT2D eigenvalue weighted by Crippen LogP contribution is 2.75. The Balaban J connectivity index is 1.09. The number of nitrogens with zero attached hydrogens (tertiary/aromatic N) is 2. The number of aryl methyl sites for hydroxylation is 2. The van der Waals surface area contributed by atoms with Crippen LogP contribution in [0.1, 0.15) is 66.7 Å². The minimum absolute atomic E-state index is 0.0235. The number of carbonyl (C=O) groups excluding carboxylic acids is 2. The quantitative estimate of drug-likeness (QED) is 0.223. The molecule has 2 bridgehead atoms. The highest BCUT2D eigenvalue weighted by Gasteiger charge is 2.76. The van der Waals surface area contributed by atoms with Gasteiger partial charge >= 0.3 is 0 Å². The van der Waals surface area contributed by atoms with E-state index in [0.717, 1.165) is 56.3 Å². The zero-order valence-electron chi connectivity index (χ0n) is 23.4. The Bertz CT molecular complexity index is 1690. The van der Waals surface area contributed by atoms with Crippen LogP contribution in [0, 0.1) is 24.7 Å². The Morgan fingerprint density at radius 1 is 0.854 bits per heavy atom. The number of phenolic OH excluding ortho intramolecular Hbond substituents is 2. The normalized spacial score (nSPS) is 27.7. The first-order valence-electron chi connectivity index (χ1n) is 14.5. The maximum atomic E-state index is 14.1. The lowest BCUT2D eigenvalue weighted by Gasteiger charge is -2.69. The predicted octanol–water partition coefficient (Wildman–Crippen LogP) is 6.06. The summed E-state index contributed by atoms with van der Waals surface area (Å²) in [6.45, 7) is 7.23. The highest BCUT2D eigenvalue weighted by molar-refractivity contribution is 6.19. The number of aromatic hydroxyl groups is 2. The van der Waals surface area contributed by atoms with Crippen molar-refractivity contribution in [2.45, 2.75) is 58.3 Å². The van der Waals surface area contributed by atoms with E-state index in [2.05, 4.69) is 16.9 Å². The molecule has 2 unspecified atom stereocenters. The van der Waals surface area contributed by atoms with Crippen LogP contribution in [0.3, 0.4) is 0 Å². The van der Waals surface area contributed by atoms with E-state index in [-0.39, 0.29) is 35.1 Å². The van der Waals surface area contributed by atoms with Crippen LogP contribution in [-0.4, -0.2) is 51.0 Å². The number of halogens is 1. The van der Waals surface area contributed by atoms with Crippen molar-refractivity contribution in [1.29, 1.82) is 0 Å². The number of carbonyl (C=O) groups is 2. The average Bonchev–Trinajstić information content (AvgIpc) is 3.65. The van der Waals surface area contributed by atoms with Gasteiger partial charge in [0.2, 0.25) is 11.8 Å². The van der Waals surface area contributed by atoms with Gasteiger partial charge < -0.3 is 30.0 Å². The summed E-state index contributed by atoms with van der Waals surface area (Å²) in [5, 5.41) is 23.5. The lowest BCUT2D eigenvalue weighted by atomic mass is 9.34. The summed E-state index contributed by atoms with van der Waals surface area (Å²) in [6, 6.07) is 3.42. The summed E-state index contributed by atoms with van der Waals surface area (Å²) in [7, 11) is 0. The van der Waals surface area contributed by atoms with Crippen molar-refractivity contribution in [3.05, 3.63) is 46.8 Å². The summed E-state index contributed by atoms with van der Waals surface area (Å²) in [5.41, 5.74) is 6.08. The van der Waals surface area contributed by atoms with E-state index in [9.17, 15) is 19.8 Å². The number of phenols is 2. The second kappa shape index (κ2) is 8.00. The Morgan fingerprint density at radius 3 is 1.73 bits per heavy atom. The van der Waals surface area contributed by atoms with Crippen molar-refractivity contribution in [3.8, 4) is 11.5 Å². The van der Waals surface area contributed by atoms with E-state index in [4.69, 9.17) is 11.6 Å². The van der Waals surface area contributed by atoms with Gasteiger partial charge in [0.25, 0.3) is 0 Å². The number of anilines is 2. The van der Waals surface area contributed by atoms with Gasteiger partial charge in [0.1, 0.15) is 11.5 Å². The Labute approximate surface area is 242 Å². The first kappa shape index (κ1) is 25.1. The molecule has 8 nitrogen and oxygen atoms in total. The van der Waals surface area contributed by atoms with E-state index < -0.39 is 10.8 Å². The summed E-state index contributed by atoms with van der Waals surface area (Å²) in [6.07, 6.45) is 6.28. The molecule has 2 aromatic carbocycles. The van der Waals surface area contributed by atoms with Crippen LogP contribution in [0.15, 0.2) is 24.5 Å². The lowest BCUT2D eigenvalue weighted by molar-refractivity contribution is -0.204. The maximum Gasteiger partial charge on any atom is 0.233 e. The Hall–Kier alpha value is -3.65. The minimum Gasteiger partial charge on any atom is -0.506 e. The molecule has 0 saturated heterocycles. The fourth-order valence-electron chi connectivity index (χ4n) is 8.71. The first-order chi connectivity index (χ1) is 19.6. The summed E-state index contributed by atoms with van der Waals surface area (Å²) in [5.74, 6) is 0.931. The first-order valence-corrected chi connectivity index (χ1v) is 15.0. The third kappa shape index (κ3) is 2.96. The number of amides is 2. The number of aromatic amines is 2. The molecule has 4 heterocycles. The van der Waals surface area contributed by atoms with E-state index in [1.807, 2.05) is 36.0 Å². The fraction of sp³-hybridized carbons (Fsp3) is 0.438. The van der Waals surface area contributed by atoms with Crippen LogP contribution in [0.5, 0.6) is 11.5 Å². The van der Waals surface area contributed by atoms with Crippen LogP contribution in [-0.2, 0) is 9.59 Å². The molecular formula is C32H33ClN4O4. The maximum absolute atomic E-state index is 14.1. The molecule has 212 valence electrons. The van der Waals surface area contributed by atoms with E-state index in [1.165, 1.54) is 0 Å². The Morgan fingerprint density at radius 2 is 1.29 bits per heavy atom. The molecule has 41 heavy (non-hydrogen) atoms. The summed E-state index contributed by atoms with van der Waals surface area (Å²) in [4.78, 5) is 38.2. The van der Waals surface area contributed by atoms with Gasteiger partial charge in [0.15, 0.2) is 0 Å². The molecule has 3 saturated carbocycles. The Kier molecular flexibility index (Phi) is 4.90. The molecule has 5 aliphatic rings. The molecular weight excluding hydrogens is 540 g/mol. The molecule has 2 aromatic heterocycles. The highest BCUT2D eigenvalue weighted by atomic mass is 35.5. The number of alkyl halides is 1. The van der Waals surface area contributed by atoms with Crippen molar-refractivity contribution < 1.29 is 19.8 Å². The van der Waals surface area contributed by atoms with Crippen molar-refractivity contribution in [3.63, 3.8) is 0 Å². The van der Waals surface area contributed by atoms with Crippen LogP contribution in [0.25, 0.3) is 21.8 Å². The van der Waals surface area contributed by atoms with Crippen LogP contribution in [0.4, 0.5) is 11.4 Å². The van der Waals surface area contributed by atoms with Crippen molar-refractivity contribution >= 4 is 56.6 Å². The van der Waals surface area contributed by atoms with E-state index >= 15 is 0 Å². The smallest absolute Gasteiger partial charge is 0.233 e. The van der Waals surface area contributed by atoms with E-state index in [0.29, 0.717) is 43.7 Å². The lowest BCUT2D eigenvalue weighted by Crippen LogP contribution is -2.72. The van der Waals surface area contributed by atoms with Crippen LogP contribution in [0.2, 0.25) is 0 Å². The molecule has 4 aromatic rings. The summed E-state index contributed by atoms with van der Waals surface area (Å²) < 4.78 is 0. The number of rotatable bonds is 4. The number of aromatic nitrogens is 2. The fourth-order valence-corrected chi connectivity index (χ4v) is 8.96. The zero-order chi connectivity index (χ0) is 28.6. The van der Waals surface area contributed by atoms with Gasteiger partial charge in [-0.1, -0.05) is 6.92 Å². The number of hydrogen-bond donors (Lipinski definition) is 4. The van der Waals surface area contributed by atoms with Crippen LogP contribution >= 0.6 is 11.6 Å². The predicted molar refractivity (Wildman–Crippen MR) is 159 cm³/mol. The van der Waals surface area contributed by atoms with Gasteiger partial charge in [-0.3, -0.25) is 9.59 Å². The average molecular weight is 573 g/mol. The standard InChI is InChI=1S/C32H33ClN4O4/c1-4-17-10-36(19-5-21(38)27-23(25(17)19)15(2)8-34-27)29(40)31-12-32(13-31,14-31)30(41)37-11-18(7-33)26-20(37)6-22(39)28-24(26)16(3)9-35-28/h5-6,8-9,17-18,34-35,38-39H,4,7,10-14H2,1-3H3. The minimum atomic E-state index is -0.554. The number of fused-ring (bicyclic) bond motifs is 6. The molecule has 2 atom stereocenters. The van der Waals surface area contributed by atoms with Gasteiger partial charge in [0, 0.05) is 66.1 Å². The zero-order valence-corrected chi connectivity index (χ0v) is 24.2. The van der Waals surface area contributed by atoms with Gasteiger partial charge in [0.05, 0.1) is 33.2 Å². The SMILES string of the molecule is CCC1CN(C(=O)C23CC(C(=O)N4CC(CCl)c5c4cc(O)c4[nH]cc(C)c54)(C2)C3)c2cc(O)c3[nH]cc(C)c3c21. The number of benzene rings is 2. The van der Waals surface area contributed by atoms with Gasteiger partial charge in [-0.2, -0.15) is 0 Å². The molecule has 9 rings (SSSR count). The number of nitrogens with one attached hydrogen (secondary N) is 2. The molecule has 3 aliphatic carbocycles. The largest absolute Gasteiger partial charge is 0.506 e. The molecule has 0 radical (unpaired) electrons. The molecule has 3 fully saturated rings. The van der Waals surface area contributed by atoms with Crippen molar-refractivity contribution in [2.75, 3.05) is 28.8 Å². The molecule has 2 amide bonds. The second-order valence-electron chi connectivity index (χ2n) is 13.0. The van der Waals surface area contributed by atoms with Crippen molar-refractivity contribution in [1.82, 2.24) is 9.97 Å². The van der Waals surface area contributed by atoms with Crippen LogP contribution < -0.4 is 9.80 Å². The van der Waals surface area contributed by atoms with Gasteiger partial charge in [-0.15, -0.1) is 11.6 Å². The molecule has 2 aliphatic heterocycles. The third-order valence-electron chi connectivity index (χ3n) is 10.6. The topological polar surface area (TPSA) is 113 Å². The van der Waals surface area contributed by atoms with Gasteiger partial charge in [-0.05, 0) is 61.8 Å². The molecule has 9 heteroatoms. The monoisotopic (exact) mass is 572 g/mol. The third-order valence-corrected chi connectivity index (χ3v) is 11.0. The summed E-state index contributed by atoms with van der Waals surface area (Å²) >= 11 is 6.41. The van der Waals surface area contributed by atoms with E-state index in [1.54, 1.807) is 12.1 Å². The number of H-pyrrole nitrogens is 2. The van der Waals surface area contributed by atoms with Gasteiger partial charge in [-0.25, -0.2) is 0 Å². The molecule has 4 N–H and O–H groups in total. The molecule has 0 spiro atoms. The number of hydrogen-bond acceptors (Lipinski definition) is 4. The van der Waals surface area contributed by atoms with Crippen molar-refractivity contribution in [2.24, 2.45) is 10.8 Å². The second-order valence-corrected chi connectivity index (χ2v) is 13.3.